The van der Waals surface area contributed by atoms with Crippen molar-refractivity contribution in [1.29, 1.82) is 0 Å². The van der Waals surface area contributed by atoms with Crippen molar-refractivity contribution < 1.29 is 13.2 Å². The van der Waals surface area contributed by atoms with E-state index in [1.165, 1.54) is 35.8 Å². The average molecular weight is 332 g/mol. The fraction of sp³-hybridized carbons (Fsp3) is 0.0588. The summed E-state index contributed by atoms with van der Waals surface area (Å²) in [5.41, 5.74) is 1.16. The molecule has 2 aromatic carbocycles. The fourth-order valence-corrected chi connectivity index (χ4v) is 2.62. The molecule has 0 unspecified atom stereocenters. The molecule has 0 fully saturated rings. The lowest BCUT2D eigenvalue weighted by molar-refractivity contribution is 0.509. The Morgan fingerprint density at radius 2 is 1.65 bits per heavy atom. The number of rotatable bonds is 3. The summed E-state index contributed by atoms with van der Waals surface area (Å²) in [6.07, 6.45) is 3.09. The van der Waals surface area contributed by atoms with Crippen LogP contribution in [-0.2, 0) is 0 Å². The summed E-state index contributed by atoms with van der Waals surface area (Å²) in [6.45, 7) is 1.91. The second kappa shape index (κ2) is 6.34. The highest BCUT2D eigenvalue weighted by atomic mass is 32.1. The van der Waals surface area contributed by atoms with Crippen LogP contribution in [0, 0.1) is 24.4 Å². The summed E-state index contributed by atoms with van der Waals surface area (Å²) in [7, 11) is 0. The van der Waals surface area contributed by atoms with E-state index in [1.807, 2.05) is 6.92 Å². The van der Waals surface area contributed by atoms with Crippen molar-refractivity contribution in [2.45, 2.75) is 6.92 Å². The molecule has 3 aromatic rings. The summed E-state index contributed by atoms with van der Waals surface area (Å²) >= 11 is 1.41. The maximum absolute atomic E-state index is 14.1. The molecule has 116 valence electrons. The molecule has 0 amide bonds. The van der Waals surface area contributed by atoms with Gasteiger partial charge in [-0.05, 0) is 42.3 Å². The van der Waals surface area contributed by atoms with Crippen molar-refractivity contribution >= 4 is 22.7 Å². The molecule has 1 heterocycles. The van der Waals surface area contributed by atoms with Crippen LogP contribution in [0.2, 0.25) is 0 Å². The van der Waals surface area contributed by atoms with Gasteiger partial charge in [0.1, 0.15) is 5.82 Å². The Labute approximate surface area is 135 Å². The molecule has 0 radical (unpaired) electrons. The Bertz CT molecular complexity index is 887. The number of thiazole rings is 1. The summed E-state index contributed by atoms with van der Waals surface area (Å²) in [5, 5.41) is 0.548. The zero-order chi connectivity index (χ0) is 16.4. The molecule has 0 aliphatic heterocycles. The van der Waals surface area contributed by atoms with Gasteiger partial charge in [0.25, 0.3) is 0 Å². The summed E-state index contributed by atoms with van der Waals surface area (Å²) in [6, 6.07) is 7.89. The predicted molar refractivity (Wildman–Crippen MR) is 85.9 cm³/mol. The van der Waals surface area contributed by atoms with Gasteiger partial charge in [0.2, 0.25) is 5.13 Å². The van der Waals surface area contributed by atoms with E-state index in [0.717, 1.165) is 17.0 Å². The van der Waals surface area contributed by atoms with Crippen LogP contribution < -0.4 is 0 Å². The first-order valence-electron chi connectivity index (χ1n) is 6.74. The molecular weight excluding hydrogens is 321 g/mol. The van der Waals surface area contributed by atoms with Gasteiger partial charge in [-0.3, -0.25) is 0 Å². The highest BCUT2D eigenvalue weighted by molar-refractivity contribution is 7.15. The molecule has 0 spiro atoms. The van der Waals surface area contributed by atoms with E-state index in [9.17, 15) is 13.2 Å². The molecular formula is C17H11F3N2S. The molecule has 0 saturated heterocycles. The van der Waals surface area contributed by atoms with E-state index in [0.29, 0.717) is 21.8 Å². The molecule has 3 rings (SSSR count). The largest absolute Gasteiger partial charge is 0.227 e. The Morgan fingerprint density at radius 1 is 0.957 bits per heavy atom. The van der Waals surface area contributed by atoms with Crippen LogP contribution in [0.1, 0.15) is 10.4 Å². The van der Waals surface area contributed by atoms with Crippen LogP contribution in [0.25, 0.3) is 11.1 Å². The van der Waals surface area contributed by atoms with Gasteiger partial charge >= 0.3 is 0 Å². The lowest BCUT2D eigenvalue weighted by atomic mass is 10.0. The Hall–Kier alpha value is -2.47. The van der Waals surface area contributed by atoms with Crippen LogP contribution in [0.3, 0.4) is 0 Å². The molecule has 23 heavy (non-hydrogen) atoms. The first kappa shape index (κ1) is 15.4. The number of aromatic nitrogens is 1. The van der Waals surface area contributed by atoms with E-state index in [1.54, 1.807) is 12.3 Å². The number of benzene rings is 2. The number of aliphatic imine (C=N–C) groups is 1. The molecule has 0 aliphatic carbocycles. The number of nitrogens with zero attached hydrogens (tertiary/aromatic N) is 2. The molecule has 0 N–H and O–H groups in total. The van der Waals surface area contributed by atoms with E-state index < -0.39 is 17.5 Å². The highest BCUT2D eigenvalue weighted by Crippen LogP contribution is 2.24. The molecule has 0 aliphatic rings. The van der Waals surface area contributed by atoms with Crippen LogP contribution in [0.5, 0.6) is 0 Å². The molecule has 1 aromatic heterocycles. The topological polar surface area (TPSA) is 25.2 Å². The third-order valence-corrected chi connectivity index (χ3v) is 4.00. The number of halogens is 3. The monoisotopic (exact) mass is 332 g/mol. The minimum absolute atomic E-state index is 0.296. The van der Waals surface area contributed by atoms with Gasteiger partial charge in [-0.2, -0.15) is 0 Å². The van der Waals surface area contributed by atoms with Gasteiger partial charge in [-0.15, -0.1) is 11.3 Å². The van der Waals surface area contributed by atoms with Gasteiger partial charge in [-0.25, -0.2) is 23.1 Å². The van der Waals surface area contributed by atoms with Crippen molar-refractivity contribution in [3.63, 3.8) is 0 Å². The van der Waals surface area contributed by atoms with Gasteiger partial charge in [0.15, 0.2) is 11.6 Å². The van der Waals surface area contributed by atoms with Crippen molar-refractivity contribution in [3.05, 3.63) is 70.5 Å². The van der Waals surface area contributed by atoms with E-state index in [2.05, 4.69) is 9.98 Å². The molecule has 2 nitrogen and oxygen atoms in total. The maximum atomic E-state index is 14.1. The molecule has 6 heteroatoms. The lowest BCUT2D eigenvalue weighted by Gasteiger charge is -2.04. The van der Waals surface area contributed by atoms with Gasteiger partial charge in [0, 0.05) is 22.9 Å². The van der Waals surface area contributed by atoms with Crippen LogP contribution in [0.4, 0.5) is 18.3 Å². The number of hydrogen-bond donors (Lipinski definition) is 0. The van der Waals surface area contributed by atoms with Crippen molar-refractivity contribution in [1.82, 2.24) is 4.98 Å². The van der Waals surface area contributed by atoms with Crippen LogP contribution in [0.15, 0.2) is 47.6 Å². The lowest BCUT2D eigenvalue weighted by Crippen LogP contribution is -1.91. The minimum Gasteiger partial charge on any atom is -0.227 e. The minimum atomic E-state index is -0.965. The van der Waals surface area contributed by atoms with Gasteiger partial charge < -0.3 is 0 Å². The Kier molecular flexibility index (Phi) is 4.25. The van der Waals surface area contributed by atoms with Gasteiger partial charge in [-0.1, -0.05) is 12.1 Å². The zero-order valence-corrected chi connectivity index (χ0v) is 12.9. The quantitative estimate of drug-likeness (QED) is 0.599. The van der Waals surface area contributed by atoms with Crippen LogP contribution >= 0.6 is 11.3 Å². The Morgan fingerprint density at radius 3 is 2.26 bits per heavy atom. The first-order valence-corrected chi connectivity index (χ1v) is 7.56. The summed E-state index contributed by atoms with van der Waals surface area (Å²) in [4.78, 5) is 9.20. The first-order chi connectivity index (χ1) is 11.0. The van der Waals surface area contributed by atoms with Crippen molar-refractivity contribution in [3.8, 4) is 11.1 Å². The zero-order valence-electron chi connectivity index (χ0n) is 12.1. The summed E-state index contributed by atoms with van der Waals surface area (Å²) < 4.78 is 40.4. The SMILES string of the molecule is Cc1cnc(/N=C/c2ccc(-c3ccc(F)c(F)c3)cc2F)s1. The second-order valence-corrected chi connectivity index (χ2v) is 6.09. The van der Waals surface area contributed by atoms with Crippen LogP contribution in [-0.4, -0.2) is 11.2 Å². The normalized spacial score (nSPS) is 11.3. The smallest absolute Gasteiger partial charge is 0.209 e. The van der Waals surface area contributed by atoms with Crippen molar-refractivity contribution in [2.24, 2.45) is 4.99 Å². The highest BCUT2D eigenvalue weighted by Gasteiger charge is 2.07. The van der Waals surface area contributed by atoms with E-state index in [-0.39, 0.29) is 0 Å². The maximum Gasteiger partial charge on any atom is 0.209 e. The van der Waals surface area contributed by atoms with Gasteiger partial charge in [0.05, 0.1) is 0 Å². The Balaban J connectivity index is 1.88. The van der Waals surface area contributed by atoms with E-state index >= 15 is 0 Å². The molecule has 0 bridgehead atoms. The molecule has 0 saturated carbocycles. The average Bonchev–Trinajstić information content (AvgIpc) is 2.94. The number of aryl methyl sites for hydroxylation is 1. The summed E-state index contributed by atoms with van der Waals surface area (Å²) in [5.74, 6) is -2.39. The predicted octanol–water partition coefficient (Wildman–Crippen LogP) is 5.29. The third-order valence-electron chi connectivity index (χ3n) is 3.18. The third kappa shape index (κ3) is 3.48. The molecule has 0 atom stereocenters. The number of hydrogen-bond acceptors (Lipinski definition) is 3. The van der Waals surface area contributed by atoms with Crippen molar-refractivity contribution in [2.75, 3.05) is 0 Å². The standard InChI is InChI=1S/C17H11F3N2S/c1-10-8-21-17(23-10)22-9-13-3-2-11(6-15(13)19)12-4-5-14(18)16(20)7-12/h2-9H,1H3/b22-9+. The second-order valence-electron chi connectivity index (χ2n) is 4.88. The fourth-order valence-electron chi connectivity index (χ4n) is 2.01. The van der Waals surface area contributed by atoms with E-state index in [4.69, 9.17) is 0 Å².